The van der Waals surface area contributed by atoms with E-state index in [1.807, 2.05) is 0 Å². The highest BCUT2D eigenvalue weighted by Crippen LogP contribution is 2.17. The molecule has 0 aliphatic carbocycles. The van der Waals surface area contributed by atoms with Gasteiger partial charge in [-0.05, 0) is 58.6 Å². The van der Waals surface area contributed by atoms with E-state index in [1.165, 1.54) is 0 Å². The molecule has 1 aromatic heterocycles. The van der Waals surface area contributed by atoms with Crippen LogP contribution in [0.4, 0.5) is 5.69 Å². The molecule has 2 amide bonds. The summed E-state index contributed by atoms with van der Waals surface area (Å²) in [4.78, 5) is 24.1. The van der Waals surface area contributed by atoms with Crippen LogP contribution in [0.15, 0.2) is 45.5 Å². The van der Waals surface area contributed by atoms with Gasteiger partial charge in [-0.1, -0.05) is 19.9 Å². The van der Waals surface area contributed by atoms with Crippen molar-refractivity contribution in [2.75, 3.05) is 11.9 Å². The lowest BCUT2D eigenvalue weighted by Gasteiger charge is -2.09. The maximum atomic E-state index is 12.1. The average molecular weight is 379 g/mol. The highest BCUT2D eigenvalue weighted by molar-refractivity contribution is 9.10. The van der Waals surface area contributed by atoms with Crippen molar-refractivity contribution in [1.29, 1.82) is 0 Å². The van der Waals surface area contributed by atoms with Gasteiger partial charge in [0.25, 0.3) is 11.8 Å². The van der Waals surface area contributed by atoms with Gasteiger partial charge in [0.2, 0.25) is 0 Å². The standard InChI is InChI=1S/C17H19BrN2O3/c1-11(2)8-9-19-16(21)12-4-3-5-13(10-12)20-17(22)14-6-7-15(18)23-14/h3-7,10-11H,8-9H2,1-2H3,(H,19,21)(H,20,22). The Morgan fingerprint density at radius 2 is 1.96 bits per heavy atom. The molecular formula is C17H19BrN2O3. The Labute approximate surface area is 143 Å². The molecule has 122 valence electrons. The summed E-state index contributed by atoms with van der Waals surface area (Å²) in [6.45, 7) is 4.85. The van der Waals surface area contributed by atoms with Crippen LogP contribution in [0.1, 0.15) is 41.2 Å². The van der Waals surface area contributed by atoms with Crippen molar-refractivity contribution in [1.82, 2.24) is 5.32 Å². The normalized spacial score (nSPS) is 10.6. The molecule has 0 unspecified atom stereocenters. The third-order valence-corrected chi connectivity index (χ3v) is 3.61. The van der Waals surface area contributed by atoms with Crippen LogP contribution in [-0.4, -0.2) is 18.4 Å². The van der Waals surface area contributed by atoms with Crippen molar-refractivity contribution in [2.24, 2.45) is 5.92 Å². The van der Waals surface area contributed by atoms with Gasteiger partial charge in [0.05, 0.1) is 0 Å². The van der Waals surface area contributed by atoms with E-state index in [4.69, 9.17) is 4.42 Å². The molecule has 0 radical (unpaired) electrons. The Morgan fingerprint density at radius 1 is 1.17 bits per heavy atom. The predicted octanol–water partition coefficient (Wildman–Crippen LogP) is 4.07. The zero-order valence-electron chi connectivity index (χ0n) is 13.1. The number of benzene rings is 1. The summed E-state index contributed by atoms with van der Waals surface area (Å²) in [5.74, 6) is 0.216. The van der Waals surface area contributed by atoms with Gasteiger partial charge in [-0.25, -0.2) is 0 Å². The molecule has 6 heteroatoms. The number of nitrogens with one attached hydrogen (secondary N) is 2. The third kappa shape index (κ3) is 5.25. The molecule has 0 aliphatic rings. The molecule has 0 atom stereocenters. The van der Waals surface area contributed by atoms with E-state index in [0.29, 0.717) is 28.4 Å². The topological polar surface area (TPSA) is 71.3 Å². The van der Waals surface area contributed by atoms with E-state index in [1.54, 1.807) is 36.4 Å². The maximum absolute atomic E-state index is 12.1. The minimum absolute atomic E-state index is 0.150. The molecule has 0 bridgehead atoms. The Morgan fingerprint density at radius 3 is 2.61 bits per heavy atom. The molecule has 0 fully saturated rings. The molecular weight excluding hydrogens is 360 g/mol. The minimum atomic E-state index is -0.368. The summed E-state index contributed by atoms with van der Waals surface area (Å²) in [6.07, 6.45) is 0.926. The van der Waals surface area contributed by atoms with Crippen LogP contribution in [0, 0.1) is 5.92 Å². The molecule has 1 heterocycles. The van der Waals surface area contributed by atoms with Gasteiger partial charge in [0.1, 0.15) is 0 Å². The van der Waals surface area contributed by atoms with Crippen LogP contribution < -0.4 is 10.6 Å². The lowest BCUT2D eigenvalue weighted by Crippen LogP contribution is -2.25. The molecule has 2 N–H and O–H groups in total. The third-order valence-electron chi connectivity index (χ3n) is 3.19. The Kier molecular flexibility index (Phi) is 5.98. The average Bonchev–Trinajstić information content (AvgIpc) is 2.94. The molecule has 0 saturated heterocycles. The van der Waals surface area contributed by atoms with E-state index < -0.39 is 0 Å². The van der Waals surface area contributed by atoms with Crippen molar-refractivity contribution in [3.05, 3.63) is 52.4 Å². The molecule has 2 rings (SSSR count). The molecule has 2 aromatic rings. The monoisotopic (exact) mass is 378 g/mol. The number of amides is 2. The minimum Gasteiger partial charge on any atom is -0.444 e. The molecule has 23 heavy (non-hydrogen) atoms. The molecule has 0 aliphatic heterocycles. The number of halogens is 1. The number of anilines is 1. The van der Waals surface area contributed by atoms with Crippen LogP contribution in [0.25, 0.3) is 0 Å². The van der Waals surface area contributed by atoms with Crippen LogP contribution in [-0.2, 0) is 0 Å². The first-order valence-corrected chi connectivity index (χ1v) is 8.20. The summed E-state index contributed by atoms with van der Waals surface area (Å²) in [5.41, 5.74) is 1.05. The zero-order chi connectivity index (χ0) is 16.8. The van der Waals surface area contributed by atoms with Crippen LogP contribution in [0.5, 0.6) is 0 Å². The Hall–Kier alpha value is -2.08. The van der Waals surface area contributed by atoms with Gasteiger partial charge in [-0.2, -0.15) is 0 Å². The van der Waals surface area contributed by atoms with Gasteiger partial charge >= 0.3 is 0 Å². The fraction of sp³-hybridized carbons (Fsp3) is 0.294. The molecule has 1 aromatic carbocycles. The smallest absolute Gasteiger partial charge is 0.291 e. The first kappa shape index (κ1) is 17.3. The number of carbonyl (C=O) groups is 2. The first-order chi connectivity index (χ1) is 11.0. The van der Waals surface area contributed by atoms with Crippen molar-refractivity contribution < 1.29 is 14.0 Å². The number of hydrogen-bond donors (Lipinski definition) is 2. The van der Waals surface area contributed by atoms with Gasteiger partial charge in [0.15, 0.2) is 10.4 Å². The Balaban J connectivity index is 1.99. The van der Waals surface area contributed by atoms with Gasteiger partial charge in [-0.3, -0.25) is 9.59 Å². The van der Waals surface area contributed by atoms with Crippen molar-refractivity contribution in [3.63, 3.8) is 0 Å². The maximum Gasteiger partial charge on any atom is 0.291 e. The highest BCUT2D eigenvalue weighted by atomic mass is 79.9. The number of carbonyl (C=O) groups excluding carboxylic acids is 2. The van der Waals surface area contributed by atoms with Crippen LogP contribution >= 0.6 is 15.9 Å². The Bertz CT molecular complexity index is 695. The van der Waals surface area contributed by atoms with E-state index in [2.05, 4.69) is 40.4 Å². The van der Waals surface area contributed by atoms with E-state index >= 15 is 0 Å². The SMILES string of the molecule is CC(C)CCNC(=O)c1cccc(NC(=O)c2ccc(Br)o2)c1. The quantitative estimate of drug-likeness (QED) is 0.795. The highest BCUT2D eigenvalue weighted by Gasteiger charge is 2.12. The summed E-state index contributed by atoms with van der Waals surface area (Å²) in [7, 11) is 0. The van der Waals surface area contributed by atoms with Crippen molar-refractivity contribution in [2.45, 2.75) is 20.3 Å². The number of hydrogen-bond acceptors (Lipinski definition) is 3. The fourth-order valence-corrected chi connectivity index (χ4v) is 2.25. The summed E-state index contributed by atoms with van der Waals surface area (Å²) in [6, 6.07) is 10.0. The fourth-order valence-electron chi connectivity index (χ4n) is 1.94. The van der Waals surface area contributed by atoms with Crippen LogP contribution in [0.2, 0.25) is 0 Å². The van der Waals surface area contributed by atoms with E-state index in [9.17, 15) is 9.59 Å². The number of furan rings is 1. The van der Waals surface area contributed by atoms with E-state index in [-0.39, 0.29) is 17.6 Å². The van der Waals surface area contributed by atoms with Crippen molar-refractivity contribution >= 4 is 33.4 Å². The second kappa shape index (κ2) is 7.97. The number of rotatable bonds is 6. The molecule has 5 nitrogen and oxygen atoms in total. The van der Waals surface area contributed by atoms with Crippen LogP contribution in [0.3, 0.4) is 0 Å². The van der Waals surface area contributed by atoms with Gasteiger partial charge < -0.3 is 15.1 Å². The largest absolute Gasteiger partial charge is 0.444 e. The van der Waals surface area contributed by atoms with E-state index in [0.717, 1.165) is 6.42 Å². The summed E-state index contributed by atoms with van der Waals surface area (Å²) >= 11 is 3.15. The molecule has 0 spiro atoms. The lowest BCUT2D eigenvalue weighted by atomic mass is 10.1. The second-order valence-electron chi connectivity index (χ2n) is 5.58. The van der Waals surface area contributed by atoms with Gasteiger partial charge in [-0.15, -0.1) is 0 Å². The lowest BCUT2D eigenvalue weighted by molar-refractivity contribution is 0.0950. The van der Waals surface area contributed by atoms with Crippen molar-refractivity contribution in [3.8, 4) is 0 Å². The zero-order valence-corrected chi connectivity index (χ0v) is 14.6. The van der Waals surface area contributed by atoms with Gasteiger partial charge in [0, 0.05) is 17.8 Å². The summed E-state index contributed by atoms with van der Waals surface area (Å²) < 4.78 is 5.68. The summed E-state index contributed by atoms with van der Waals surface area (Å²) in [5, 5.41) is 5.58. The second-order valence-corrected chi connectivity index (χ2v) is 6.36. The predicted molar refractivity (Wildman–Crippen MR) is 92.6 cm³/mol. The first-order valence-electron chi connectivity index (χ1n) is 7.40. The molecule has 0 saturated carbocycles.